The van der Waals surface area contributed by atoms with Crippen molar-refractivity contribution in [3.63, 3.8) is 0 Å². The number of ether oxygens (including phenoxy) is 1. The normalized spacial score (nSPS) is 18.8. The summed E-state index contributed by atoms with van der Waals surface area (Å²) in [6, 6.07) is 12.7. The molecule has 1 fully saturated rings. The minimum absolute atomic E-state index is 0. The minimum Gasteiger partial charge on any atom is -0.497 e. The third-order valence-corrected chi connectivity index (χ3v) is 4.50. The second-order valence-electron chi connectivity index (χ2n) is 6.55. The molecule has 142 valence electrons. The SMILES string of the molecule is COc1ccc(CCNC(=NCCc2ccco2)NC2CC2C)cc1.I. The van der Waals surface area contributed by atoms with E-state index in [2.05, 4.69) is 34.7 Å². The van der Waals surface area contributed by atoms with Crippen molar-refractivity contribution in [1.29, 1.82) is 0 Å². The van der Waals surface area contributed by atoms with Crippen LogP contribution >= 0.6 is 24.0 Å². The quantitative estimate of drug-likeness (QED) is 0.352. The fourth-order valence-electron chi connectivity index (χ4n) is 2.70. The van der Waals surface area contributed by atoms with Crippen molar-refractivity contribution in [3.8, 4) is 5.75 Å². The van der Waals surface area contributed by atoms with Gasteiger partial charge in [0.15, 0.2) is 5.96 Å². The standard InChI is InChI=1S/C20H27N3O2.HI/c1-15-14-19(15)23-20(22-12-10-18-4-3-13-25-18)21-11-9-16-5-7-17(24-2)8-6-16;/h3-8,13,15,19H,9-12,14H2,1-2H3,(H2,21,22,23);1H. The van der Waals surface area contributed by atoms with Crippen molar-refractivity contribution in [1.82, 2.24) is 10.6 Å². The molecule has 3 rings (SSSR count). The van der Waals surface area contributed by atoms with Crippen LogP contribution in [-0.2, 0) is 12.8 Å². The highest BCUT2D eigenvalue weighted by atomic mass is 127. The minimum atomic E-state index is 0. The predicted molar refractivity (Wildman–Crippen MR) is 116 cm³/mol. The lowest BCUT2D eigenvalue weighted by Crippen LogP contribution is -2.40. The van der Waals surface area contributed by atoms with Crippen LogP contribution in [0.25, 0.3) is 0 Å². The van der Waals surface area contributed by atoms with E-state index in [0.29, 0.717) is 12.6 Å². The second kappa shape index (κ2) is 10.4. The van der Waals surface area contributed by atoms with Gasteiger partial charge in [0.1, 0.15) is 11.5 Å². The monoisotopic (exact) mass is 469 g/mol. The van der Waals surface area contributed by atoms with Crippen LogP contribution in [0.4, 0.5) is 0 Å². The summed E-state index contributed by atoms with van der Waals surface area (Å²) in [6.45, 7) is 3.82. The highest BCUT2D eigenvalue weighted by molar-refractivity contribution is 14.0. The van der Waals surface area contributed by atoms with Crippen LogP contribution in [-0.4, -0.2) is 32.2 Å². The van der Waals surface area contributed by atoms with Gasteiger partial charge in [0.05, 0.1) is 13.4 Å². The van der Waals surface area contributed by atoms with Crippen LogP contribution in [0.5, 0.6) is 5.75 Å². The van der Waals surface area contributed by atoms with Crippen molar-refractivity contribution in [2.45, 2.75) is 32.2 Å². The maximum absolute atomic E-state index is 5.36. The van der Waals surface area contributed by atoms with Crippen LogP contribution in [0.15, 0.2) is 52.1 Å². The summed E-state index contributed by atoms with van der Waals surface area (Å²) < 4.78 is 10.6. The summed E-state index contributed by atoms with van der Waals surface area (Å²) >= 11 is 0. The summed E-state index contributed by atoms with van der Waals surface area (Å²) in [4.78, 5) is 4.69. The largest absolute Gasteiger partial charge is 0.497 e. The van der Waals surface area contributed by atoms with Gasteiger partial charge in [0.2, 0.25) is 0 Å². The zero-order valence-corrected chi connectivity index (χ0v) is 17.7. The molecule has 1 aliphatic carbocycles. The Kier molecular flexibility index (Phi) is 8.28. The van der Waals surface area contributed by atoms with Crippen LogP contribution < -0.4 is 15.4 Å². The molecule has 1 heterocycles. The number of guanidine groups is 1. The molecule has 0 spiro atoms. The lowest BCUT2D eigenvalue weighted by molar-refractivity contribution is 0.414. The van der Waals surface area contributed by atoms with Gasteiger partial charge in [-0.1, -0.05) is 19.1 Å². The number of hydrogen-bond acceptors (Lipinski definition) is 3. The summed E-state index contributed by atoms with van der Waals surface area (Å²) in [5.74, 6) is 3.50. The van der Waals surface area contributed by atoms with E-state index in [0.717, 1.165) is 42.8 Å². The van der Waals surface area contributed by atoms with E-state index in [9.17, 15) is 0 Å². The third kappa shape index (κ3) is 6.55. The Labute approximate surface area is 172 Å². The first-order chi connectivity index (χ1) is 12.2. The number of furan rings is 1. The Balaban J connectivity index is 0.00000243. The Morgan fingerprint density at radius 3 is 2.62 bits per heavy atom. The van der Waals surface area contributed by atoms with Gasteiger partial charge >= 0.3 is 0 Å². The number of aliphatic imine (C=N–C) groups is 1. The molecular weight excluding hydrogens is 441 g/mol. The molecule has 2 unspecified atom stereocenters. The van der Waals surface area contributed by atoms with Gasteiger partial charge in [-0.15, -0.1) is 24.0 Å². The van der Waals surface area contributed by atoms with Crippen molar-refractivity contribution < 1.29 is 9.15 Å². The average molecular weight is 469 g/mol. The number of nitrogens with zero attached hydrogens (tertiary/aromatic N) is 1. The molecule has 2 N–H and O–H groups in total. The highest BCUT2D eigenvalue weighted by Gasteiger charge is 2.33. The molecule has 0 aliphatic heterocycles. The third-order valence-electron chi connectivity index (χ3n) is 4.50. The van der Waals surface area contributed by atoms with Gasteiger partial charge in [-0.3, -0.25) is 4.99 Å². The maximum Gasteiger partial charge on any atom is 0.191 e. The van der Waals surface area contributed by atoms with E-state index in [1.165, 1.54) is 12.0 Å². The molecule has 0 bridgehead atoms. The Morgan fingerprint density at radius 1 is 1.23 bits per heavy atom. The van der Waals surface area contributed by atoms with Gasteiger partial charge in [0.25, 0.3) is 0 Å². The topological polar surface area (TPSA) is 58.8 Å². The lowest BCUT2D eigenvalue weighted by atomic mass is 10.1. The van der Waals surface area contributed by atoms with Gasteiger partial charge in [-0.25, -0.2) is 0 Å². The van der Waals surface area contributed by atoms with Crippen LogP contribution in [0, 0.1) is 5.92 Å². The number of halogens is 1. The van der Waals surface area contributed by atoms with Crippen LogP contribution in [0.1, 0.15) is 24.7 Å². The average Bonchev–Trinajstić information content (AvgIpc) is 3.09. The fraction of sp³-hybridized carbons (Fsp3) is 0.450. The van der Waals surface area contributed by atoms with Gasteiger partial charge < -0.3 is 19.8 Å². The second-order valence-corrected chi connectivity index (χ2v) is 6.55. The highest BCUT2D eigenvalue weighted by Crippen LogP contribution is 2.28. The van der Waals surface area contributed by atoms with E-state index in [1.807, 2.05) is 24.3 Å². The number of nitrogens with one attached hydrogen (secondary N) is 2. The van der Waals surface area contributed by atoms with E-state index >= 15 is 0 Å². The first kappa shape index (κ1) is 20.6. The molecule has 1 saturated carbocycles. The molecule has 2 aromatic rings. The summed E-state index contributed by atoms with van der Waals surface area (Å²) in [5, 5.41) is 6.96. The summed E-state index contributed by atoms with van der Waals surface area (Å²) in [5.41, 5.74) is 1.28. The number of methoxy groups -OCH3 is 1. The van der Waals surface area contributed by atoms with Gasteiger partial charge in [-0.2, -0.15) is 0 Å². The van der Waals surface area contributed by atoms with Crippen LogP contribution in [0.2, 0.25) is 0 Å². The van der Waals surface area contributed by atoms with Crippen molar-refractivity contribution in [3.05, 3.63) is 54.0 Å². The van der Waals surface area contributed by atoms with Crippen molar-refractivity contribution in [2.24, 2.45) is 10.9 Å². The fourth-order valence-corrected chi connectivity index (χ4v) is 2.70. The molecule has 26 heavy (non-hydrogen) atoms. The predicted octanol–water partition coefficient (Wildman–Crippen LogP) is 3.64. The number of rotatable bonds is 8. The zero-order chi connectivity index (χ0) is 17.5. The summed E-state index contributed by atoms with van der Waals surface area (Å²) in [6.07, 6.45) is 4.69. The molecule has 6 heteroatoms. The van der Waals surface area contributed by atoms with Crippen molar-refractivity contribution in [2.75, 3.05) is 20.2 Å². The first-order valence-corrected chi connectivity index (χ1v) is 8.95. The van der Waals surface area contributed by atoms with Crippen LogP contribution in [0.3, 0.4) is 0 Å². The van der Waals surface area contributed by atoms with E-state index in [1.54, 1.807) is 13.4 Å². The molecule has 1 aromatic heterocycles. The molecule has 0 radical (unpaired) electrons. The molecule has 1 aromatic carbocycles. The van der Waals surface area contributed by atoms with Gasteiger partial charge in [0, 0.05) is 25.6 Å². The Bertz CT molecular complexity index is 671. The molecule has 5 nitrogen and oxygen atoms in total. The first-order valence-electron chi connectivity index (χ1n) is 8.95. The lowest BCUT2D eigenvalue weighted by Gasteiger charge is -2.12. The Morgan fingerprint density at radius 2 is 2.00 bits per heavy atom. The Hall–Kier alpha value is -1.70. The molecule has 0 saturated heterocycles. The van der Waals surface area contributed by atoms with E-state index in [-0.39, 0.29) is 24.0 Å². The maximum atomic E-state index is 5.36. The molecule has 1 aliphatic rings. The number of benzene rings is 1. The van der Waals surface area contributed by atoms with E-state index < -0.39 is 0 Å². The molecule has 0 amide bonds. The van der Waals surface area contributed by atoms with Crippen molar-refractivity contribution >= 4 is 29.9 Å². The number of hydrogen-bond donors (Lipinski definition) is 2. The van der Waals surface area contributed by atoms with Gasteiger partial charge in [-0.05, 0) is 48.6 Å². The summed E-state index contributed by atoms with van der Waals surface area (Å²) in [7, 11) is 1.69. The van der Waals surface area contributed by atoms with E-state index in [4.69, 9.17) is 9.15 Å². The molecular formula is C20H28IN3O2. The zero-order valence-electron chi connectivity index (χ0n) is 15.4. The smallest absolute Gasteiger partial charge is 0.191 e. The molecule has 2 atom stereocenters.